The molecule has 0 N–H and O–H groups in total. The van der Waals surface area contributed by atoms with Crippen molar-refractivity contribution in [3.8, 4) is 0 Å². The van der Waals surface area contributed by atoms with Crippen molar-refractivity contribution in [1.82, 2.24) is 0 Å². The summed E-state index contributed by atoms with van der Waals surface area (Å²) in [6.07, 6.45) is 0. The predicted octanol–water partition coefficient (Wildman–Crippen LogP) is 2.11. The van der Waals surface area contributed by atoms with Gasteiger partial charge in [-0.25, -0.2) is 0 Å². The van der Waals surface area contributed by atoms with E-state index in [1.54, 1.807) is 0 Å². The van der Waals surface area contributed by atoms with Crippen LogP contribution in [0.4, 0.5) is 13.2 Å². The minimum Gasteiger partial charge on any atom is -0.604 e. The van der Waals surface area contributed by atoms with Gasteiger partial charge >= 0.3 is 5.51 Å². The fourth-order valence-corrected chi connectivity index (χ4v) is 1.28. The van der Waals surface area contributed by atoms with Gasteiger partial charge in [-0.3, -0.25) is 0 Å². The number of hydrogen-bond donors (Lipinski definition) is 0. The summed E-state index contributed by atoms with van der Waals surface area (Å²) in [7, 11) is 0. The molecule has 0 saturated heterocycles. The Morgan fingerprint density at radius 2 is 1.75 bits per heavy atom. The third-order valence-corrected chi connectivity index (χ3v) is 2.23. The van der Waals surface area contributed by atoms with Gasteiger partial charge in [-0.05, 0) is 30.3 Å². The van der Waals surface area contributed by atoms with Crippen LogP contribution in [0.5, 0.6) is 0 Å². The van der Waals surface area contributed by atoms with Crippen molar-refractivity contribution in [2.75, 3.05) is 0 Å². The zero-order chi connectivity index (χ0) is 9.19. The van der Waals surface area contributed by atoms with Gasteiger partial charge in [-0.2, -0.15) is 0 Å². The molecule has 0 heterocycles. The van der Waals surface area contributed by atoms with Gasteiger partial charge < -0.3 is 4.55 Å². The van der Waals surface area contributed by atoms with E-state index in [1.807, 2.05) is 0 Å². The van der Waals surface area contributed by atoms with Crippen LogP contribution in [0.2, 0.25) is 0 Å². The zero-order valence-corrected chi connectivity index (χ0v) is 6.58. The van der Waals surface area contributed by atoms with Gasteiger partial charge in [-0.1, -0.05) is 0 Å². The largest absolute Gasteiger partial charge is 0.604 e. The molecule has 1 unspecified atom stereocenters. The van der Waals surface area contributed by atoms with Gasteiger partial charge in [0.25, 0.3) is 0 Å². The molecule has 0 saturated carbocycles. The Hall–Kier alpha value is -0.680. The molecular formula is C7H4F3OS. The molecule has 1 aromatic rings. The Balaban J connectivity index is 2.86. The average Bonchev–Trinajstić information content (AvgIpc) is 2.03. The first-order chi connectivity index (χ1) is 5.52. The highest BCUT2D eigenvalue weighted by Gasteiger charge is 2.45. The molecule has 65 valence electrons. The SMILES string of the molecule is [O-][S+](c1cc[c]cc1)C(F)(F)F. The molecule has 5 heteroatoms. The van der Waals surface area contributed by atoms with Gasteiger partial charge in [0.2, 0.25) is 0 Å². The minimum absolute atomic E-state index is 0.249. The summed E-state index contributed by atoms with van der Waals surface area (Å²) in [5.74, 6) is 0. The van der Waals surface area contributed by atoms with Gasteiger partial charge in [-0.15, -0.1) is 13.2 Å². The van der Waals surface area contributed by atoms with E-state index >= 15 is 0 Å². The Kier molecular flexibility index (Phi) is 2.64. The van der Waals surface area contributed by atoms with E-state index in [4.69, 9.17) is 0 Å². The molecule has 0 aromatic heterocycles. The Bertz CT molecular complexity index is 247. The second kappa shape index (κ2) is 3.37. The molecule has 1 rings (SSSR count). The van der Waals surface area contributed by atoms with Crippen molar-refractivity contribution >= 4 is 11.2 Å². The number of alkyl halides is 3. The number of benzene rings is 1. The van der Waals surface area contributed by atoms with Crippen molar-refractivity contribution in [1.29, 1.82) is 0 Å². The average molecular weight is 193 g/mol. The summed E-state index contributed by atoms with van der Waals surface area (Å²) in [6.45, 7) is 0. The lowest BCUT2D eigenvalue weighted by Gasteiger charge is -2.11. The fourth-order valence-electron chi connectivity index (χ4n) is 0.629. The van der Waals surface area contributed by atoms with Crippen LogP contribution in [-0.4, -0.2) is 10.1 Å². The van der Waals surface area contributed by atoms with E-state index in [0.717, 1.165) is 12.1 Å². The third-order valence-electron chi connectivity index (χ3n) is 1.11. The molecule has 0 aliphatic heterocycles. The first-order valence-corrected chi connectivity index (χ1v) is 4.11. The van der Waals surface area contributed by atoms with Gasteiger partial charge in [0.1, 0.15) is 0 Å². The molecular weight excluding hydrogens is 189 g/mol. The fraction of sp³-hybridized carbons (Fsp3) is 0.143. The summed E-state index contributed by atoms with van der Waals surface area (Å²) in [5.41, 5.74) is -4.68. The molecule has 1 aromatic carbocycles. The van der Waals surface area contributed by atoms with Gasteiger partial charge in [0.05, 0.1) is 11.2 Å². The van der Waals surface area contributed by atoms with Crippen molar-refractivity contribution < 1.29 is 17.7 Å². The molecule has 0 bridgehead atoms. The van der Waals surface area contributed by atoms with Crippen LogP contribution in [0.1, 0.15) is 0 Å². The predicted molar refractivity (Wildman–Crippen MR) is 37.7 cm³/mol. The van der Waals surface area contributed by atoms with Crippen LogP contribution in [0.3, 0.4) is 0 Å². The maximum Gasteiger partial charge on any atom is 0.578 e. The van der Waals surface area contributed by atoms with Crippen molar-refractivity contribution in [2.45, 2.75) is 10.4 Å². The van der Waals surface area contributed by atoms with Crippen LogP contribution in [0.15, 0.2) is 29.2 Å². The highest BCUT2D eigenvalue weighted by molar-refractivity contribution is 7.92. The maximum absolute atomic E-state index is 11.8. The molecule has 1 nitrogen and oxygen atoms in total. The Morgan fingerprint density at radius 1 is 1.25 bits per heavy atom. The second-order valence-electron chi connectivity index (χ2n) is 1.95. The molecule has 1 atom stereocenters. The molecule has 0 aliphatic rings. The number of halogens is 3. The van der Waals surface area contributed by atoms with E-state index < -0.39 is 16.7 Å². The first kappa shape index (κ1) is 9.41. The first-order valence-electron chi connectivity index (χ1n) is 2.96. The van der Waals surface area contributed by atoms with E-state index in [9.17, 15) is 17.7 Å². The number of hydrogen-bond acceptors (Lipinski definition) is 1. The van der Waals surface area contributed by atoms with E-state index in [0.29, 0.717) is 0 Å². The van der Waals surface area contributed by atoms with Crippen LogP contribution in [0, 0.1) is 6.07 Å². The van der Waals surface area contributed by atoms with Crippen LogP contribution in [-0.2, 0) is 11.2 Å². The molecule has 0 spiro atoms. The van der Waals surface area contributed by atoms with Crippen LogP contribution < -0.4 is 0 Å². The molecule has 0 amide bonds. The zero-order valence-electron chi connectivity index (χ0n) is 5.76. The van der Waals surface area contributed by atoms with Crippen molar-refractivity contribution in [3.05, 3.63) is 30.3 Å². The van der Waals surface area contributed by atoms with Gasteiger partial charge in [0, 0.05) is 0 Å². The molecule has 1 radical (unpaired) electrons. The molecule has 0 fully saturated rings. The standard InChI is InChI=1S/C7H4F3OS/c8-7(9,10)12(11)6-4-2-1-3-5-6/h2-5H. The highest BCUT2D eigenvalue weighted by atomic mass is 32.2. The summed E-state index contributed by atoms with van der Waals surface area (Å²) < 4.78 is 46.1. The minimum atomic E-state index is -4.68. The normalized spacial score (nSPS) is 14.3. The molecule has 0 aliphatic carbocycles. The third kappa shape index (κ3) is 2.15. The molecule has 12 heavy (non-hydrogen) atoms. The lowest BCUT2D eigenvalue weighted by Crippen LogP contribution is -2.23. The summed E-state index contributed by atoms with van der Waals surface area (Å²) in [6, 6.07) is 7.38. The van der Waals surface area contributed by atoms with Gasteiger partial charge in [0.15, 0.2) is 4.90 Å². The monoisotopic (exact) mass is 193 g/mol. The topological polar surface area (TPSA) is 23.1 Å². The highest BCUT2D eigenvalue weighted by Crippen LogP contribution is 2.29. The van der Waals surface area contributed by atoms with E-state index in [-0.39, 0.29) is 4.90 Å². The van der Waals surface area contributed by atoms with Crippen molar-refractivity contribution in [3.63, 3.8) is 0 Å². The summed E-state index contributed by atoms with van der Waals surface area (Å²) in [4.78, 5) is -0.249. The summed E-state index contributed by atoms with van der Waals surface area (Å²) in [5, 5.41) is 0. The second-order valence-corrected chi connectivity index (χ2v) is 3.42. The lowest BCUT2D eigenvalue weighted by molar-refractivity contribution is -0.0435. The van der Waals surface area contributed by atoms with E-state index in [2.05, 4.69) is 6.07 Å². The smallest absolute Gasteiger partial charge is 0.578 e. The van der Waals surface area contributed by atoms with Crippen LogP contribution in [0.25, 0.3) is 0 Å². The van der Waals surface area contributed by atoms with Crippen LogP contribution >= 0.6 is 0 Å². The Labute approximate surface area is 70.4 Å². The van der Waals surface area contributed by atoms with E-state index in [1.165, 1.54) is 12.1 Å². The quantitative estimate of drug-likeness (QED) is 0.626. The summed E-state index contributed by atoms with van der Waals surface area (Å²) >= 11 is -2.92. The Morgan fingerprint density at radius 3 is 2.17 bits per heavy atom. The van der Waals surface area contributed by atoms with Crippen molar-refractivity contribution in [2.24, 2.45) is 0 Å². The maximum atomic E-state index is 11.8. The lowest BCUT2D eigenvalue weighted by atomic mass is 10.4. The number of rotatable bonds is 1.